The Labute approximate surface area is 132 Å². The van der Waals surface area contributed by atoms with Gasteiger partial charge >= 0.3 is 0 Å². The molecular formula is C18H26N2O2. The predicted octanol–water partition coefficient (Wildman–Crippen LogP) is 2.87. The van der Waals surface area contributed by atoms with Crippen molar-refractivity contribution in [2.24, 2.45) is 11.3 Å². The molecule has 0 amide bonds. The SMILES string of the molecule is COc1ncccc1CN1CC2(CCC2)[C@@H]1C1CCOCC1. The Morgan fingerprint density at radius 2 is 2.18 bits per heavy atom. The molecule has 1 saturated carbocycles. The van der Waals surface area contributed by atoms with Gasteiger partial charge < -0.3 is 9.47 Å². The Morgan fingerprint density at radius 3 is 2.86 bits per heavy atom. The van der Waals surface area contributed by atoms with Crippen molar-refractivity contribution >= 4 is 0 Å². The van der Waals surface area contributed by atoms with Crippen LogP contribution in [-0.2, 0) is 11.3 Å². The Morgan fingerprint density at radius 1 is 1.36 bits per heavy atom. The largest absolute Gasteiger partial charge is 0.481 e. The fourth-order valence-electron chi connectivity index (χ4n) is 4.89. The van der Waals surface area contributed by atoms with E-state index in [1.807, 2.05) is 12.3 Å². The van der Waals surface area contributed by atoms with Crippen LogP contribution in [0.3, 0.4) is 0 Å². The molecule has 0 N–H and O–H groups in total. The number of likely N-dealkylation sites (tertiary alicyclic amines) is 1. The Bertz CT molecular complexity index is 524. The van der Waals surface area contributed by atoms with Crippen molar-refractivity contribution in [2.75, 3.05) is 26.9 Å². The van der Waals surface area contributed by atoms with Gasteiger partial charge in [-0.15, -0.1) is 0 Å². The van der Waals surface area contributed by atoms with Gasteiger partial charge in [0.2, 0.25) is 5.88 Å². The monoisotopic (exact) mass is 302 g/mol. The third kappa shape index (κ3) is 2.33. The second-order valence-corrected chi connectivity index (χ2v) is 7.19. The van der Waals surface area contributed by atoms with Gasteiger partial charge in [0.1, 0.15) is 0 Å². The zero-order chi connectivity index (χ0) is 15.0. The van der Waals surface area contributed by atoms with Crippen molar-refractivity contribution in [3.8, 4) is 5.88 Å². The minimum Gasteiger partial charge on any atom is -0.481 e. The van der Waals surface area contributed by atoms with Crippen molar-refractivity contribution in [2.45, 2.75) is 44.7 Å². The van der Waals surface area contributed by atoms with Crippen LogP contribution >= 0.6 is 0 Å². The molecule has 3 aliphatic rings. The fraction of sp³-hybridized carbons (Fsp3) is 0.722. The average molecular weight is 302 g/mol. The molecule has 1 aliphatic carbocycles. The van der Waals surface area contributed by atoms with Gasteiger partial charge in [-0.3, -0.25) is 4.90 Å². The molecule has 0 radical (unpaired) electrons. The van der Waals surface area contributed by atoms with E-state index in [-0.39, 0.29) is 0 Å². The number of ether oxygens (including phenoxy) is 2. The lowest BCUT2D eigenvalue weighted by Crippen LogP contribution is -2.69. The first-order chi connectivity index (χ1) is 10.8. The molecule has 1 aromatic rings. The minimum atomic E-state index is 0.622. The second kappa shape index (κ2) is 5.82. The molecule has 0 unspecified atom stereocenters. The minimum absolute atomic E-state index is 0.622. The molecule has 120 valence electrons. The van der Waals surface area contributed by atoms with Crippen LogP contribution in [0.5, 0.6) is 5.88 Å². The van der Waals surface area contributed by atoms with Gasteiger partial charge in [-0.1, -0.05) is 12.5 Å². The van der Waals surface area contributed by atoms with Crippen molar-refractivity contribution in [3.63, 3.8) is 0 Å². The smallest absolute Gasteiger partial charge is 0.217 e. The lowest BCUT2D eigenvalue weighted by molar-refractivity contribution is -0.167. The fourth-order valence-corrected chi connectivity index (χ4v) is 4.89. The van der Waals surface area contributed by atoms with Crippen LogP contribution < -0.4 is 4.74 Å². The molecule has 1 spiro atoms. The summed E-state index contributed by atoms with van der Waals surface area (Å²) in [5, 5.41) is 0. The lowest BCUT2D eigenvalue weighted by Gasteiger charge is -2.65. The van der Waals surface area contributed by atoms with Crippen molar-refractivity contribution < 1.29 is 9.47 Å². The normalized spacial score (nSPS) is 28.1. The van der Waals surface area contributed by atoms with Crippen molar-refractivity contribution in [1.82, 2.24) is 9.88 Å². The highest BCUT2D eigenvalue weighted by molar-refractivity contribution is 5.26. The van der Waals surface area contributed by atoms with Crippen molar-refractivity contribution in [3.05, 3.63) is 23.9 Å². The summed E-state index contributed by atoms with van der Waals surface area (Å²) >= 11 is 0. The number of pyridine rings is 1. The van der Waals surface area contributed by atoms with E-state index in [1.165, 1.54) is 44.2 Å². The Hall–Kier alpha value is -1.13. The summed E-state index contributed by atoms with van der Waals surface area (Å²) in [5.74, 6) is 1.59. The summed E-state index contributed by atoms with van der Waals surface area (Å²) in [6.45, 7) is 4.12. The highest BCUT2D eigenvalue weighted by Gasteiger charge is 2.57. The highest BCUT2D eigenvalue weighted by atomic mass is 16.5. The number of hydrogen-bond acceptors (Lipinski definition) is 4. The van der Waals surface area contributed by atoms with Gasteiger partial charge in [0.15, 0.2) is 0 Å². The molecule has 1 aromatic heterocycles. The van der Waals surface area contributed by atoms with E-state index in [0.717, 1.165) is 37.6 Å². The van der Waals surface area contributed by atoms with E-state index in [2.05, 4.69) is 16.0 Å². The van der Waals surface area contributed by atoms with E-state index in [0.29, 0.717) is 5.41 Å². The molecule has 1 atom stereocenters. The molecule has 3 fully saturated rings. The van der Waals surface area contributed by atoms with E-state index in [9.17, 15) is 0 Å². The van der Waals surface area contributed by atoms with Gasteiger partial charge in [0, 0.05) is 44.1 Å². The summed E-state index contributed by atoms with van der Waals surface area (Å²) < 4.78 is 11.0. The van der Waals surface area contributed by atoms with Gasteiger partial charge in [0.25, 0.3) is 0 Å². The molecule has 2 aliphatic heterocycles. The molecule has 22 heavy (non-hydrogen) atoms. The maximum Gasteiger partial charge on any atom is 0.217 e. The van der Waals surface area contributed by atoms with Gasteiger partial charge in [-0.05, 0) is 43.1 Å². The van der Waals surface area contributed by atoms with Gasteiger partial charge in [-0.25, -0.2) is 4.98 Å². The van der Waals surface area contributed by atoms with Crippen LogP contribution in [0.25, 0.3) is 0 Å². The van der Waals surface area contributed by atoms with E-state index in [1.54, 1.807) is 7.11 Å². The first-order valence-corrected chi connectivity index (χ1v) is 8.62. The standard InChI is InChI=1S/C18H26N2O2/c1-21-17-15(4-2-9-19-17)12-20-13-18(7-3-8-18)16(20)14-5-10-22-11-6-14/h2,4,9,14,16H,3,5-8,10-13H2,1H3/t16-/m0/s1. The summed E-state index contributed by atoms with van der Waals surface area (Å²) in [4.78, 5) is 7.02. The van der Waals surface area contributed by atoms with E-state index >= 15 is 0 Å². The number of methoxy groups -OCH3 is 1. The zero-order valence-corrected chi connectivity index (χ0v) is 13.5. The Balaban J connectivity index is 1.51. The van der Waals surface area contributed by atoms with Crippen molar-refractivity contribution in [1.29, 1.82) is 0 Å². The van der Waals surface area contributed by atoms with E-state index in [4.69, 9.17) is 9.47 Å². The topological polar surface area (TPSA) is 34.6 Å². The van der Waals surface area contributed by atoms with Crippen LogP contribution in [0.1, 0.15) is 37.7 Å². The molecule has 3 heterocycles. The summed E-state index contributed by atoms with van der Waals surface area (Å²) in [6, 6.07) is 4.91. The van der Waals surface area contributed by atoms with Gasteiger partial charge in [0.05, 0.1) is 7.11 Å². The molecular weight excluding hydrogens is 276 g/mol. The third-order valence-electron chi connectivity index (χ3n) is 6.02. The number of rotatable bonds is 4. The maximum atomic E-state index is 5.58. The highest BCUT2D eigenvalue weighted by Crippen LogP contribution is 2.57. The summed E-state index contributed by atoms with van der Waals surface area (Å²) in [5.41, 5.74) is 1.84. The average Bonchev–Trinajstić information content (AvgIpc) is 2.50. The van der Waals surface area contributed by atoms with Crippen LogP contribution in [-0.4, -0.2) is 42.8 Å². The summed E-state index contributed by atoms with van der Waals surface area (Å²) in [6.07, 6.45) is 8.54. The number of nitrogens with zero attached hydrogens (tertiary/aromatic N) is 2. The van der Waals surface area contributed by atoms with Crippen LogP contribution in [0.15, 0.2) is 18.3 Å². The third-order valence-corrected chi connectivity index (χ3v) is 6.02. The van der Waals surface area contributed by atoms with E-state index < -0.39 is 0 Å². The van der Waals surface area contributed by atoms with Crippen LogP contribution in [0, 0.1) is 11.3 Å². The maximum absolute atomic E-state index is 5.58. The predicted molar refractivity (Wildman–Crippen MR) is 84.8 cm³/mol. The quantitative estimate of drug-likeness (QED) is 0.856. The van der Waals surface area contributed by atoms with Crippen LogP contribution in [0.2, 0.25) is 0 Å². The number of aromatic nitrogens is 1. The van der Waals surface area contributed by atoms with Crippen LogP contribution in [0.4, 0.5) is 0 Å². The lowest BCUT2D eigenvalue weighted by atomic mass is 9.54. The Kier molecular flexibility index (Phi) is 3.82. The first kappa shape index (κ1) is 14.5. The molecule has 4 rings (SSSR count). The van der Waals surface area contributed by atoms with Gasteiger partial charge in [-0.2, -0.15) is 0 Å². The molecule has 4 nitrogen and oxygen atoms in total. The number of hydrogen-bond donors (Lipinski definition) is 0. The molecule has 4 heteroatoms. The molecule has 2 saturated heterocycles. The zero-order valence-electron chi connectivity index (χ0n) is 13.5. The summed E-state index contributed by atoms with van der Waals surface area (Å²) in [7, 11) is 1.71. The second-order valence-electron chi connectivity index (χ2n) is 7.19. The first-order valence-electron chi connectivity index (χ1n) is 8.62. The molecule has 0 aromatic carbocycles. The molecule has 0 bridgehead atoms.